The summed E-state index contributed by atoms with van der Waals surface area (Å²) in [7, 11) is 0. The lowest BCUT2D eigenvalue weighted by Gasteiger charge is -2.35. The number of carbonyl (C=O) groups is 1. The Morgan fingerprint density at radius 1 is 1.12 bits per heavy atom. The smallest absolute Gasteiger partial charge is 0.254 e. The average molecular weight is 349 g/mol. The summed E-state index contributed by atoms with van der Waals surface area (Å²) in [6.07, 6.45) is 5.19. The van der Waals surface area contributed by atoms with Gasteiger partial charge in [0.2, 0.25) is 0 Å². The number of amides is 1. The molecule has 0 radical (unpaired) electrons. The minimum absolute atomic E-state index is 0.136. The number of anilines is 2. The minimum Gasteiger partial charge on any atom is -0.338 e. The van der Waals surface area contributed by atoms with Crippen LogP contribution < -0.4 is 4.90 Å². The van der Waals surface area contributed by atoms with Crippen molar-refractivity contribution in [2.45, 2.75) is 33.1 Å². The van der Waals surface area contributed by atoms with E-state index in [4.69, 9.17) is 0 Å². The Bertz CT molecular complexity index is 793. The second-order valence-corrected chi connectivity index (χ2v) is 7.94. The van der Waals surface area contributed by atoms with E-state index >= 15 is 0 Å². The monoisotopic (exact) mass is 349 g/mol. The summed E-state index contributed by atoms with van der Waals surface area (Å²) >= 11 is 0. The van der Waals surface area contributed by atoms with Gasteiger partial charge in [0, 0.05) is 37.1 Å². The molecule has 3 heterocycles. The second kappa shape index (κ2) is 7.10. The van der Waals surface area contributed by atoms with Crippen molar-refractivity contribution in [2.75, 3.05) is 24.5 Å². The molecule has 4 heteroatoms. The summed E-state index contributed by atoms with van der Waals surface area (Å²) in [5, 5.41) is 0. The molecule has 0 aliphatic carbocycles. The molecule has 1 saturated heterocycles. The largest absolute Gasteiger partial charge is 0.338 e. The molecule has 2 aromatic rings. The zero-order chi connectivity index (χ0) is 18.1. The van der Waals surface area contributed by atoms with Gasteiger partial charge >= 0.3 is 0 Å². The van der Waals surface area contributed by atoms with E-state index in [0.717, 1.165) is 43.9 Å². The quantitative estimate of drug-likeness (QED) is 0.812. The Kier molecular flexibility index (Phi) is 4.66. The molecule has 2 atom stereocenters. The maximum Gasteiger partial charge on any atom is 0.254 e. The third-order valence-corrected chi connectivity index (χ3v) is 5.54. The number of para-hydroxylation sites is 1. The number of aromatic nitrogens is 1. The van der Waals surface area contributed by atoms with Crippen molar-refractivity contribution in [2.24, 2.45) is 11.8 Å². The zero-order valence-corrected chi connectivity index (χ0v) is 15.7. The molecule has 1 amide bonds. The molecule has 1 fully saturated rings. The molecule has 1 aromatic carbocycles. The average Bonchev–Trinajstić information content (AvgIpc) is 2.66. The molecule has 4 nitrogen and oxygen atoms in total. The molecule has 0 spiro atoms. The summed E-state index contributed by atoms with van der Waals surface area (Å²) in [5.41, 5.74) is 3.33. The highest BCUT2D eigenvalue weighted by Crippen LogP contribution is 2.32. The minimum atomic E-state index is 0.136. The maximum absolute atomic E-state index is 13.1. The van der Waals surface area contributed by atoms with Crippen LogP contribution in [0.4, 0.5) is 11.5 Å². The molecule has 136 valence electrons. The summed E-state index contributed by atoms with van der Waals surface area (Å²) in [5.74, 6) is 2.15. The van der Waals surface area contributed by atoms with Crippen molar-refractivity contribution in [3.05, 3.63) is 53.7 Å². The molecule has 0 saturated carbocycles. The first-order chi connectivity index (χ1) is 12.6. The number of hydrogen-bond acceptors (Lipinski definition) is 3. The van der Waals surface area contributed by atoms with Crippen molar-refractivity contribution < 1.29 is 4.79 Å². The molecular weight excluding hydrogens is 322 g/mol. The predicted octanol–water partition coefficient (Wildman–Crippen LogP) is 4.28. The Morgan fingerprint density at radius 3 is 2.69 bits per heavy atom. The number of hydrogen-bond donors (Lipinski definition) is 0. The fourth-order valence-electron chi connectivity index (χ4n) is 4.48. The number of carbonyl (C=O) groups excluding carboxylic acids is 1. The number of benzene rings is 1. The van der Waals surface area contributed by atoms with Crippen LogP contribution in [0.2, 0.25) is 0 Å². The molecule has 2 aliphatic rings. The van der Waals surface area contributed by atoms with Gasteiger partial charge in [-0.15, -0.1) is 0 Å². The van der Waals surface area contributed by atoms with Gasteiger partial charge in [0.15, 0.2) is 0 Å². The van der Waals surface area contributed by atoms with Gasteiger partial charge in [0.1, 0.15) is 5.82 Å². The fourth-order valence-corrected chi connectivity index (χ4v) is 4.48. The van der Waals surface area contributed by atoms with E-state index in [9.17, 15) is 4.79 Å². The second-order valence-electron chi connectivity index (χ2n) is 7.94. The lowest BCUT2D eigenvalue weighted by atomic mass is 9.91. The van der Waals surface area contributed by atoms with Crippen molar-refractivity contribution in [3.8, 4) is 0 Å². The maximum atomic E-state index is 13.1. The van der Waals surface area contributed by atoms with Gasteiger partial charge < -0.3 is 9.80 Å². The normalized spacial score (nSPS) is 22.8. The number of pyridine rings is 1. The highest BCUT2D eigenvalue weighted by molar-refractivity contribution is 5.95. The Morgan fingerprint density at radius 2 is 1.88 bits per heavy atom. The van der Waals surface area contributed by atoms with Crippen LogP contribution in [0.3, 0.4) is 0 Å². The Balaban J connectivity index is 1.61. The third kappa shape index (κ3) is 3.33. The number of likely N-dealkylation sites (tertiary alicyclic amines) is 1. The number of fused-ring (bicyclic) bond motifs is 1. The molecule has 4 rings (SSSR count). The molecule has 0 N–H and O–H groups in total. The van der Waals surface area contributed by atoms with E-state index in [-0.39, 0.29) is 5.91 Å². The topological polar surface area (TPSA) is 36.4 Å². The number of rotatable bonds is 2. The van der Waals surface area contributed by atoms with Crippen LogP contribution in [0.1, 0.15) is 42.6 Å². The van der Waals surface area contributed by atoms with Crippen LogP contribution in [-0.2, 0) is 6.42 Å². The Hall–Kier alpha value is -2.36. The zero-order valence-electron chi connectivity index (χ0n) is 15.7. The van der Waals surface area contributed by atoms with Crippen LogP contribution in [0.15, 0.2) is 42.6 Å². The van der Waals surface area contributed by atoms with Crippen molar-refractivity contribution >= 4 is 17.4 Å². The lowest BCUT2D eigenvalue weighted by Crippen LogP contribution is -2.42. The van der Waals surface area contributed by atoms with Crippen LogP contribution in [0.25, 0.3) is 0 Å². The van der Waals surface area contributed by atoms with E-state index in [0.29, 0.717) is 11.8 Å². The van der Waals surface area contributed by atoms with Crippen molar-refractivity contribution in [1.82, 2.24) is 9.88 Å². The van der Waals surface area contributed by atoms with Crippen LogP contribution in [-0.4, -0.2) is 35.4 Å². The molecule has 1 aromatic heterocycles. The molecule has 2 unspecified atom stereocenters. The summed E-state index contributed by atoms with van der Waals surface area (Å²) in [4.78, 5) is 21.9. The van der Waals surface area contributed by atoms with Gasteiger partial charge in [-0.3, -0.25) is 4.79 Å². The van der Waals surface area contributed by atoms with Gasteiger partial charge in [0.05, 0.1) is 0 Å². The third-order valence-electron chi connectivity index (χ3n) is 5.54. The first-order valence-electron chi connectivity index (χ1n) is 9.72. The van der Waals surface area contributed by atoms with Crippen molar-refractivity contribution in [1.29, 1.82) is 0 Å². The highest BCUT2D eigenvalue weighted by atomic mass is 16.2. The van der Waals surface area contributed by atoms with E-state index in [1.165, 1.54) is 17.7 Å². The molecule has 2 aliphatic heterocycles. The SMILES string of the molecule is CC1CC(C)CN(C(=O)c2ccnc(N3CCCc4ccccc43)c2)C1. The molecule has 26 heavy (non-hydrogen) atoms. The van der Waals surface area contributed by atoms with Crippen LogP contribution >= 0.6 is 0 Å². The first-order valence-corrected chi connectivity index (χ1v) is 9.72. The predicted molar refractivity (Wildman–Crippen MR) is 105 cm³/mol. The number of nitrogens with zero attached hydrogens (tertiary/aromatic N) is 3. The van der Waals surface area contributed by atoms with Crippen LogP contribution in [0.5, 0.6) is 0 Å². The van der Waals surface area contributed by atoms with Gasteiger partial charge in [-0.2, -0.15) is 0 Å². The standard InChI is InChI=1S/C22H27N3O/c1-16-12-17(2)15-24(14-16)22(26)19-9-10-23-21(13-19)25-11-5-7-18-6-3-4-8-20(18)25/h3-4,6,8-10,13,16-17H,5,7,11-12,14-15H2,1-2H3. The van der Waals surface area contributed by atoms with Crippen LogP contribution in [0, 0.1) is 11.8 Å². The van der Waals surface area contributed by atoms with E-state index in [1.807, 2.05) is 17.0 Å². The Labute approximate surface area is 155 Å². The first kappa shape index (κ1) is 17.1. The van der Waals surface area contributed by atoms with Gasteiger partial charge in [-0.05, 0) is 54.9 Å². The van der Waals surface area contributed by atoms with Gasteiger partial charge in [0.25, 0.3) is 5.91 Å². The molecular formula is C22H27N3O. The van der Waals surface area contributed by atoms with E-state index in [2.05, 4.69) is 48.0 Å². The lowest BCUT2D eigenvalue weighted by molar-refractivity contribution is 0.0623. The summed E-state index contributed by atoms with van der Waals surface area (Å²) in [6, 6.07) is 12.3. The number of piperidine rings is 1. The van der Waals surface area contributed by atoms with Gasteiger partial charge in [-0.1, -0.05) is 32.0 Å². The summed E-state index contributed by atoms with van der Waals surface area (Å²) in [6.45, 7) is 7.12. The highest BCUT2D eigenvalue weighted by Gasteiger charge is 2.27. The molecule has 0 bridgehead atoms. The van der Waals surface area contributed by atoms with Gasteiger partial charge in [-0.25, -0.2) is 4.98 Å². The van der Waals surface area contributed by atoms with E-state index in [1.54, 1.807) is 6.20 Å². The fraction of sp³-hybridized carbons (Fsp3) is 0.455. The number of aryl methyl sites for hydroxylation is 1. The summed E-state index contributed by atoms with van der Waals surface area (Å²) < 4.78 is 0. The van der Waals surface area contributed by atoms with E-state index < -0.39 is 0 Å². The van der Waals surface area contributed by atoms with Crippen molar-refractivity contribution in [3.63, 3.8) is 0 Å².